The summed E-state index contributed by atoms with van der Waals surface area (Å²) in [6.07, 6.45) is 3.23. The summed E-state index contributed by atoms with van der Waals surface area (Å²) < 4.78 is 11.1. The van der Waals surface area contributed by atoms with Gasteiger partial charge in [-0.05, 0) is 44.2 Å². The van der Waals surface area contributed by atoms with E-state index in [1.807, 2.05) is 7.05 Å². The van der Waals surface area contributed by atoms with Crippen molar-refractivity contribution in [3.8, 4) is 0 Å². The number of ether oxygens (including phenoxy) is 2. The van der Waals surface area contributed by atoms with Gasteiger partial charge < -0.3 is 20.1 Å². The van der Waals surface area contributed by atoms with Crippen molar-refractivity contribution in [1.82, 2.24) is 15.5 Å². The predicted molar refractivity (Wildman–Crippen MR) is 118 cm³/mol. The van der Waals surface area contributed by atoms with Crippen molar-refractivity contribution < 1.29 is 9.47 Å². The van der Waals surface area contributed by atoms with Gasteiger partial charge in [0, 0.05) is 57.9 Å². The highest BCUT2D eigenvalue weighted by Gasteiger charge is 2.29. The zero-order valence-electron chi connectivity index (χ0n) is 18.4. The smallest absolute Gasteiger partial charge is 0.191 e. The van der Waals surface area contributed by atoms with Gasteiger partial charge in [0.1, 0.15) is 0 Å². The van der Waals surface area contributed by atoms with Crippen LogP contribution in [0.1, 0.15) is 37.8 Å². The molecule has 1 unspecified atom stereocenters. The van der Waals surface area contributed by atoms with Gasteiger partial charge in [-0.2, -0.15) is 0 Å². The first-order chi connectivity index (χ1) is 14.1. The molecule has 0 amide bonds. The fourth-order valence-electron chi connectivity index (χ4n) is 3.99. The predicted octanol–water partition coefficient (Wildman–Crippen LogP) is 2.43. The molecule has 0 aliphatic carbocycles. The summed E-state index contributed by atoms with van der Waals surface area (Å²) in [6.45, 7) is 11.8. The minimum Gasteiger partial charge on any atom is -0.381 e. The second kappa shape index (κ2) is 11.0. The van der Waals surface area contributed by atoms with Crippen molar-refractivity contribution >= 4 is 5.96 Å². The molecule has 2 aliphatic rings. The van der Waals surface area contributed by atoms with E-state index < -0.39 is 0 Å². The molecule has 6 heteroatoms. The van der Waals surface area contributed by atoms with Crippen LogP contribution >= 0.6 is 0 Å². The molecular weight excluding hydrogens is 364 g/mol. The van der Waals surface area contributed by atoms with Crippen molar-refractivity contribution in [2.24, 2.45) is 10.9 Å². The van der Waals surface area contributed by atoms with Crippen LogP contribution in [-0.4, -0.2) is 69.5 Å². The van der Waals surface area contributed by atoms with Crippen LogP contribution in [0, 0.1) is 5.92 Å². The summed E-state index contributed by atoms with van der Waals surface area (Å²) >= 11 is 0. The van der Waals surface area contributed by atoms with Gasteiger partial charge in [-0.25, -0.2) is 0 Å². The Morgan fingerprint density at radius 2 is 2.10 bits per heavy atom. The Morgan fingerprint density at radius 1 is 1.28 bits per heavy atom. The molecular formula is C23H38N4O2. The van der Waals surface area contributed by atoms with Crippen LogP contribution in [0.2, 0.25) is 0 Å². The fourth-order valence-corrected chi connectivity index (χ4v) is 3.99. The van der Waals surface area contributed by atoms with Crippen molar-refractivity contribution in [3.05, 3.63) is 35.4 Å². The Hall–Kier alpha value is -1.63. The molecule has 2 N–H and O–H groups in total. The maximum absolute atomic E-state index is 5.77. The Kier molecular flexibility index (Phi) is 8.33. The molecule has 2 aliphatic heterocycles. The average Bonchev–Trinajstić information content (AvgIpc) is 3.26. The maximum Gasteiger partial charge on any atom is 0.191 e. The van der Waals surface area contributed by atoms with Crippen molar-refractivity contribution in [1.29, 1.82) is 0 Å². The van der Waals surface area contributed by atoms with Crippen LogP contribution in [0.25, 0.3) is 0 Å². The molecule has 0 aromatic heterocycles. The topological polar surface area (TPSA) is 58.1 Å². The van der Waals surface area contributed by atoms with Crippen LogP contribution in [0.5, 0.6) is 0 Å². The normalized spacial score (nSPS) is 20.5. The maximum atomic E-state index is 5.77. The van der Waals surface area contributed by atoms with E-state index in [1.165, 1.54) is 11.1 Å². The standard InChI is InChI=1S/C23H38N4O2/c1-23(2,27-12-9-20-7-4-5-8-21(20)15-27)18-26-22(24-3)25-11-6-13-28-16-19-10-14-29-17-19/h4-5,7-8,19H,6,9-18H2,1-3H3,(H2,24,25,26). The summed E-state index contributed by atoms with van der Waals surface area (Å²) in [7, 11) is 1.83. The van der Waals surface area contributed by atoms with Gasteiger partial charge in [-0.15, -0.1) is 0 Å². The van der Waals surface area contributed by atoms with E-state index in [1.54, 1.807) is 0 Å². The van der Waals surface area contributed by atoms with E-state index in [0.29, 0.717) is 5.92 Å². The van der Waals surface area contributed by atoms with Crippen LogP contribution in [0.3, 0.4) is 0 Å². The largest absolute Gasteiger partial charge is 0.381 e. The molecule has 1 aromatic carbocycles. The third kappa shape index (κ3) is 6.69. The Morgan fingerprint density at radius 3 is 2.86 bits per heavy atom. The summed E-state index contributed by atoms with van der Waals surface area (Å²) in [5, 5.41) is 6.91. The lowest BCUT2D eigenvalue weighted by Gasteiger charge is -2.42. The van der Waals surface area contributed by atoms with Gasteiger partial charge in [0.25, 0.3) is 0 Å². The lowest BCUT2D eigenvalue weighted by atomic mass is 9.94. The van der Waals surface area contributed by atoms with E-state index in [9.17, 15) is 0 Å². The third-order valence-corrected chi connectivity index (χ3v) is 6.03. The highest BCUT2D eigenvalue weighted by Crippen LogP contribution is 2.24. The minimum atomic E-state index is 0.0532. The molecule has 1 aromatic rings. The Bertz CT molecular complexity index is 656. The van der Waals surface area contributed by atoms with E-state index in [4.69, 9.17) is 9.47 Å². The third-order valence-electron chi connectivity index (χ3n) is 6.03. The first-order valence-corrected chi connectivity index (χ1v) is 11.0. The Balaban J connectivity index is 1.34. The first-order valence-electron chi connectivity index (χ1n) is 11.0. The molecule has 0 spiro atoms. The summed E-state index contributed by atoms with van der Waals surface area (Å²) in [6, 6.07) is 8.80. The summed E-state index contributed by atoms with van der Waals surface area (Å²) in [4.78, 5) is 6.94. The second-order valence-electron chi connectivity index (χ2n) is 8.76. The number of hydrogen-bond donors (Lipinski definition) is 2. The molecule has 162 valence electrons. The number of guanidine groups is 1. The number of hydrogen-bond acceptors (Lipinski definition) is 4. The van der Waals surface area contributed by atoms with Gasteiger partial charge in [0.15, 0.2) is 5.96 Å². The number of rotatable bonds is 9. The highest BCUT2D eigenvalue weighted by atomic mass is 16.5. The van der Waals surface area contributed by atoms with E-state index >= 15 is 0 Å². The van der Waals surface area contributed by atoms with Crippen LogP contribution < -0.4 is 10.6 Å². The molecule has 3 rings (SSSR count). The molecule has 0 radical (unpaired) electrons. The second-order valence-corrected chi connectivity index (χ2v) is 8.76. The van der Waals surface area contributed by atoms with E-state index in [0.717, 1.165) is 77.8 Å². The van der Waals surface area contributed by atoms with Gasteiger partial charge in [-0.3, -0.25) is 9.89 Å². The summed E-state index contributed by atoms with van der Waals surface area (Å²) in [5.74, 6) is 1.45. The Labute approximate surface area is 176 Å². The lowest BCUT2D eigenvalue weighted by Crippen LogP contribution is -2.54. The average molecular weight is 403 g/mol. The molecule has 2 heterocycles. The van der Waals surface area contributed by atoms with Crippen LogP contribution in [0.15, 0.2) is 29.3 Å². The molecule has 1 saturated heterocycles. The number of nitrogens with one attached hydrogen (secondary N) is 2. The van der Waals surface area contributed by atoms with E-state index in [-0.39, 0.29) is 5.54 Å². The van der Waals surface area contributed by atoms with Crippen molar-refractivity contribution in [2.75, 3.05) is 53.1 Å². The van der Waals surface area contributed by atoms with Gasteiger partial charge >= 0.3 is 0 Å². The minimum absolute atomic E-state index is 0.0532. The number of benzene rings is 1. The molecule has 0 bridgehead atoms. The van der Waals surface area contributed by atoms with Gasteiger partial charge in [-0.1, -0.05) is 24.3 Å². The molecule has 6 nitrogen and oxygen atoms in total. The van der Waals surface area contributed by atoms with E-state index in [2.05, 4.69) is 58.6 Å². The number of aliphatic imine (C=N–C) groups is 1. The van der Waals surface area contributed by atoms with Crippen molar-refractivity contribution in [2.45, 2.75) is 45.2 Å². The van der Waals surface area contributed by atoms with Gasteiger partial charge in [0.2, 0.25) is 0 Å². The zero-order chi connectivity index (χ0) is 20.5. The zero-order valence-corrected chi connectivity index (χ0v) is 18.4. The number of nitrogens with zero attached hydrogens (tertiary/aromatic N) is 2. The first kappa shape index (κ1) is 22.1. The molecule has 0 saturated carbocycles. The highest BCUT2D eigenvalue weighted by molar-refractivity contribution is 5.79. The fraction of sp³-hybridized carbons (Fsp3) is 0.696. The van der Waals surface area contributed by atoms with Crippen molar-refractivity contribution in [3.63, 3.8) is 0 Å². The molecule has 29 heavy (non-hydrogen) atoms. The lowest BCUT2D eigenvalue weighted by molar-refractivity contribution is 0.0887. The SMILES string of the molecule is CN=C(NCCCOCC1CCOC1)NCC(C)(C)N1CCc2ccccc2C1. The monoisotopic (exact) mass is 402 g/mol. The summed E-state index contributed by atoms with van der Waals surface area (Å²) in [5.41, 5.74) is 3.00. The van der Waals surface area contributed by atoms with Gasteiger partial charge in [0.05, 0.1) is 13.2 Å². The van der Waals surface area contributed by atoms with Crippen LogP contribution in [0.4, 0.5) is 0 Å². The molecule has 1 atom stereocenters. The van der Waals surface area contributed by atoms with Crippen LogP contribution in [-0.2, 0) is 22.4 Å². The quantitative estimate of drug-likeness (QED) is 0.377. The number of fused-ring (bicyclic) bond motifs is 1. The molecule has 1 fully saturated rings.